The van der Waals surface area contributed by atoms with Crippen molar-refractivity contribution in [3.05, 3.63) is 41.7 Å². The minimum Gasteiger partial charge on any atom is -0.467 e. The summed E-state index contributed by atoms with van der Waals surface area (Å²) in [6.07, 6.45) is 3.87. The molecular weight excluding hydrogens is 356 g/mol. The van der Waals surface area contributed by atoms with Crippen molar-refractivity contribution in [3.63, 3.8) is 0 Å². The van der Waals surface area contributed by atoms with Crippen molar-refractivity contribution >= 4 is 29.0 Å². The first-order valence-electron chi connectivity index (χ1n) is 8.21. The Kier molecular flexibility index (Phi) is 4.89. The number of hydrogen-bond acceptors (Lipinski definition) is 6. The molecule has 6 nitrogen and oxygen atoms in total. The second-order valence-electron chi connectivity index (χ2n) is 5.83. The smallest absolute Gasteiger partial charge is 0.233 e. The van der Waals surface area contributed by atoms with Crippen molar-refractivity contribution in [1.82, 2.24) is 19.7 Å². The highest BCUT2D eigenvalue weighted by atomic mass is 32.2. The van der Waals surface area contributed by atoms with Gasteiger partial charge in [0.05, 0.1) is 23.4 Å². The number of rotatable bonds is 6. The SMILES string of the molecule is O=C(CSc1nnc(-c2cccs2)n1Cc1ccco1)N1CCCC1. The average molecular weight is 374 g/mol. The highest BCUT2D eigenvalue weighted by Gasteiger charge is 2.21. The second kappa shape index (κ2) is 7.45. The predicted molar refractivity (Wildman–Crippen MR) is 97.7 cm³/mol. The summed E-state index contributed by atoms with van der Waals surface area (Å²) in [6.45, 7) is 2.30. The predicted octanol–water partition coefficient (Wildman–Crippen LogP) is 3.36. The van der Waals surface area contributed by atoms with Crippen LogP contribution in [0, 0.1) is 0 Å². The van der Waals surface area contributed by atoms with Gasteiger partial charge in [0.25, 0.3) is 0 Å². The Morgan fingerprint density at radius 1 is 1.24 bits per heavy atom. The quantitative estimate of drug-likeness (QED) is 0.619. The number of hydrogen-bond donors (Lipinski definition) is 0. The first kappa shape index (κ1) is 16.4. The minimum atomic E-state index is 0.174. The van der Waals surface area contributed by atoms with Gasteiger partial charge in [-0.3, -0.25) is 9.36 Å². The van der Waals surface area contributed by atoms with E-state index in [-0.39, 0.29) is 5.91 Å². The van der Waals surface area contributed by atoms with Crippen LogP contribution in [0.4, 0.5) is 0 Å². The standard InChI is InChI=1S/C17H18N4O2S2/c22-15(20-7-1-2-8-20)12-25-17-19-18-16(14-6-4-10-24-14)21(17)11-13-5-3-9-23-13/h3-6,9-10H,1-2,7-8,11-12H2. The third-order valence-corrected chi connectivity index (χ3v) is 5.95. The zero-order valence-electron chi connectivity index (χ0n) is 13.6. The Balaban J connectivity index is 1.55. The molecule has 1 amide bonds. The summed E-state index contributed by atoms with van der Waals surface area (Å²) >= 11 is 3.07. The van der Waals surface area contributed by atoms with E-state index in [1.807, 2.05) is 39.1 Å². The van der Waals surface area contributed by atoms with Gasteiger partial charge < -0.3 is 9.32 Å². The summed E-state index contributed by atoms with van der Waals surface area (Å²) < 4.78 is 7.50. The average Bonchev–Trinajstić information content (AvgIpc) is 3.40. The number of amides is 1. The maximum Gasteiger partial charge on any atom is 0.233 e. The zero-order chi connectivity index (χ0) is 17.1. The maximum absolute atomic E-state index is 12.3. The van der Waals surface area contributed by atoms with Crippen LogP contribution in [0.2, 0.25) is 0 Å². The minimum absolute atomic E-state index is 0.174. The highest BCUT2D eigenvalue weighted by molar-refractivity contribution is 7.99. The van der Waals surface area contributed by atoms with E-state index in [2.05, 4.69) is 10.2 Å². The van der Waals surface area contributed by atoms with Crippen LogP contribution in [0.3, 0.4) is 0 Å². The maximum atomic E-state index is 12.3. The third-order valence-electron chi connectivity index (χ3n) is 4.14. The number of furan rings is 1. The Morgan fingerprint density at radius 3 is 2.84 bits per heavy atom. The van der Waals surface area contributed by atoms with Gasteiger partial charge in [-0.05, 0) is 36.4 Å². The van der Waals surface area contributed by atoms with Gasteiger partial charge in [0.15, 0.2) is 11.0 Å². The second-order valence-corrected chi connectivity index (χ2v) is 7.72. The topological polar surface area (TPSA) is 64.2 Å². The number of thioether (sulfide) groups is 1. The largest absolute Gasteiger partial charge is 0.467 e. The molecule has 0 N–H and O–H groups in total. The fraction of sp³-hybridized carbons (Fsp3) is 0.353. The summed E-state index contributed by atoms with van der Waals surface area (Å²) in [5, 5.41) is 11.4. The van der Waals surface area contributed by atoms with E-state index in [1.165, 1.54) is 11.8 Å². The zero-order valence-corrected chi connectivity index (χ0v) is 15.3. The summed E-state index contributed by atoms with van der Waals surface area (Å²) in [6, 6.07) is 7.82. The molecule has 0 radical (unpaired) electrons. The highest BCUT2D eigenvalue weighted by Crippen LogP contribution is 2.28. The number of carbonyl (C=O) groups excluding carboxylic acids is 1. The van der Waals surface area contributed by atoms with Crippen LogP contribution >= 0.6 is 23.1 Å². The molecule has 0 bridgehead atoms. The van der Waals surface area contributed by atoms with Crippen molar-refractivity contribution in [1.29, 1.82) is 0 Å². The van der Waals surface area contributed by atoms with Crippen molar-refractivity contribution in [2.24, 2.45) is 0 Å². The molecule has 3 aromatic rings. The van der Waals surface area contributed by atoms with E-state index in [9.17, 15) is 4.79 Å². The molecule has 130 valence electrons. The van der Waals surface area contributed by atoms with E-state index in [1.54, 1.807) is 17.6 Å². The number of nitrogens with zero attached hydrogens (tertiary/aromatic N) is 4. The summed E-state index contributed by atoms with van der Waals surface area (Å²) in [4.78, 5) is 15.3. The Morgan fingerprint density at radius 2 is 2.12 bits per heavy atom. The van der Waals surface area contributed by atoms with Crippen molar-refractivity contribution in [3.8, 4) is 10.7 Å². The number of carbonyl (C=O) groups is 1. The lowest BCUT2D eigenvalue weighted by atomic mass is 10.4. The van der Waals surface area contributed by atoms with E-state index < -0.39 is 0 Å². The van der Waals surface area contributed by atoms with Gasteiger partial charge in [0.2, 0.25) is 5.91 Å². The Hall–Kier alpha value is -2.06. The van der Waals surface area contributed by atoms with Gasteiger partial charge in [0.1, 0.15) is 5.76 Å². The molecule has 25 heavy (non-hydrogen) atoms. The van der Waals surface area contributed by atoms with E-state index >= 15 is 0 Å². The number of likely N-dealkylation sites (tertiary alicyclic amines) is 1. The number of thiophene rings is 1. The third kappa shape index (κ3) is 3.64. The van der Waals surface area contributed by atoms with Crippen LogP contribution in [0.25, 0.3) is 10.7 Å². The Bertz CT molecular complexity index is 821. The van der Waals surface area contributed by atoms with Crippen molar-refractivity contribution in [2.75, 3.05) is 18.8 Å². The lowest BCUT2D eigenvalue weighted by Crippen LogP contribution is -2.29. The molecule has 0 atom stereocenters. The van der Waals surface area contributed by atoms with Crippen molar-refractivity contribution < 1.29 is 9.21 Å². The van der Waals surface area contributed by atoms with E-state index in [0.717, 1.165) is 47.5 Å². The molecular formula is C17H18N4O2S2. The molecule has 0 aliphatic carbocycles. The lowest BCUT2D eigenvalue weighted by molar-refractivity contribution is -0.127. The van der Waals surface area contributed by atoms with Gasteiger partial charge in [-0.15, -0.1) is 21.5 Å². The molecule has 1 saturated heterocycles. The van der Waals surface area contributed by atoms with Crippen LogP contribution < -0.4 is 0 Å². The summed E-state index contributed by atoms with van der Waals surface area (Å²) in [7, 11) is 0. The van der Waals surface area contributed by atoms with E-state index in [4.69, 9.17) is 4.42 Å². The van der Waals surface area contributed by atoms with E-state index in [0.29, 0.717) is 12.3 Å². The monoisotopic (exact) mass is 374 g/mol. The van der Waals surface area contributed by atoms with Crippen LogP contribution in [0.15, 0.2) is 45.5 Å². The van der Waals surface area contributed by atoms with Gasteiger partial charge in [-0.1, -0.05) is 17.8 Å². The molecule has 3 aromatic heterocycles. The normalized spacial score (nSPS) is 14.3. The first-order chi connectivity index (χ1) is 12.3. The van der Waals surface area contributed by atoms with Crippen LogP contribution in [0.5, 0.6) is 0 Å². The molecule has 1 aliphatic heterocycles. The molecule has 4 heterocycles. The van der Waals surface area contributed by atoms with Crippen LogP contribution in [-0.4, -0.2) is 44.4 Å². The molecule has 0 spiro atoms. The molecule has 1 aliphatic rings. The lowest BCUT2D eigenvalue weighted by Gasteiger charge is -2.14. The van der Waals surface area contributed by atoms with Gasteiger partial charge in [-0.2, -0.15) is 0 Å². The molecule has 0 saturated carbocycles. The number of aromatic nitrogens is 3. The fourth-order valence-electron chi connectivity index (χ4n) is 2.87. The Labute approximate surface area is 153 Å². The molecule has 0 unspecified atom stereocenters. The molecule has 4 rings (SSSR count). The first-order valence-corrected chi connectivity index (χ1v) is 10.1. The summed E-state index contributed by atoms with van der Waals surface area (Å²) in [5.74, 6) is 2.21. The van der Waals surface area contributed by atoms with Gasteiger partial charge in [0, 0.05) is 13.1 Å². The fourth-order valence-corrected chi connectivity index (χ4v) is 4.43. The molecule has 8 heteroatoms. The van der Waals surface area contributed by atoms with Crippen LogP contribution in [0.1, 0.15) is 18.6 Å². The van der Waals surface area contributed by atoms with Crippen molar-refractivity contribution in [2.45, 2.75) is 24.5 Å². The summed E-state index contributed by atoms with van der Waals surface area (Å²) in [5.41, 5.74) is 0. The molecule has 1 fully saturated rings. The molecule has 0 aromatic carbocycles. The van der Waals surface area contributed by atoms with Gasteiger partial charge in [-0.25, -0.2) is 0 Å². The van der Waals surface area contributed by atoms with Gasteiger partial charge >= 0.3 is 0 Å². The van der Waals surface area contributed by atoms with Crippen LogP contribution in [-0.2, 0) is 11.3 Å².